The molecular formula is C13H14N2O3. The topological polar surface area (TPSA) is 64.3 Å². The van der Waals surface area contributed by atoms with Crippen LogP contribution in [-0.4, -0.2) is 28.3 Å². The Kier molecular flexibility index (Phi) is 3.43. The van der Waals surface area contributed by atoms with Gasteiger partial charge in [-0.25, -0.2) is 0 Å². The lowest BCUT2D eigenvalue weighted by atomic mass is 10.0. The molecule has 0 saturated carbocycles. The lowest BCUT2D eigenvalue weighted by Crippen LogP contribution is -1.96. The van der Waals surface area contributed by atoms with Gasteiger partial charge in [0.15, 0.2) is 6.29 Å². The first-order chi connectivity index (χ1) is 8.71. The monoisotopic (exact) mass is 246 g/mol. The molecule has 5 heteroatoms. The van der Waals surface area contributed by atoms with Crippen molar-refractivity contribution in [1.82, 2.24) is 9.78 Å². The van der Waals surface area contributed by atoms with Crippen molar-refractivity contribution in [1.29, 1.82) is 0 Å². The van der Waals surface area contributed by atoms with Crippen molar-refractivity contribution in [3.8, 4) is 17.0 Å². The number of rotatable bonds is 4. The van der Waals surface area contributed by atoms with Crippen molar-refractivity contribution in [3.05, 3.63) is 35.5 Å². The molecule has 0 saturated heterocycles. The van der Waals surface area contributed by atoms with Crippen molar-refractivity contribution >= 4 is 6.29 Å². The second kappa shape index (κ2) is 5.01. The average molecular weight is 246 g/mol. The predicted molar refractivity (Wildman–Crippen MR) is 66.5 cm³/mol. The summed E-state index contributed by atoms with van der Waals surface area (Å²) in [5, 5.41) is 13.6. The number of aldehydes is 1. The molecule has 5 nitrogen and oxygen atoms in total. The van der Waals surface area contributed by atoms with Gasteiger partial charge >= 0.3 is 0 Å². The van der Waals surface area contributed by atoms with Crippen LogP contribution >= 0.6 is 0 Å². The highest BCUT2D eigenvalue weighted by molar-refractivity contribution is 5.85. The van der Waals surface area contributed by atoms with Crippen LogP contribution in [0.4, 0.5) is 0 Å². The van der Waals surface area contributed by atoms with Crippen molar-refractivity contribution in [2.45, 2.75) is 6.61 Å². The maximum atomic E-state index is 11.0. The van der Waals surface area contributed by atoms with Crippen LogP contribution in [0, 0.1) is 0 Å². The van der Waals surface area contributed by atoms with E-state index in [2.05, 4.69) is 5.10 Å². The van der Waals surface area contributed by atoms with Crippen LogP contribution in [0.5, 0.6) is 5.75 Å². The molecule has 18 heavy (non-hydrogen) atoms. The Morgan fingerprint density at radius 3 is 2.89 bits per heavy atom. The van der Waals surface area contributed by atoms with Crippen LogP contribution in [-0.2, 0) is 13.7 Å². The smallest absolute Gasteiger partial charge is 0.153 e. The highest BCUT2D eigenvalue weighted by atomic mass is 16.5. The van der Waals surface area contributed by atoms with E-state index in [1.165, 1.54) is 7.11 Å². The number of hydrogen-bond acceptors (Lipinski definition) is 4. The minimum absolute atomic E-state index is 0.113. The summed E-state index contributed by atoms with van der Waals surface area (Å²) >= 11 is 0. The first kappa shape index (κ1) is 12.3. The summed E-state index contributed by atoms with van der Waals surface area (Å²) in [7, 11) is 3.28. The molecule has 0 atom stereocenters. The Labute approximate surface area is 105 Å². The molecule has 1 aromatic heterocycles. The Balaban J connectivity index is 2.66. The summed E-state index contributed by atoms with van der Waals surface area (Å²) in [6, 6.07) is 5.25. The lowest BCUT2D eigenvalue weighted by molar-refractivity contribution is 0.112. The zero-order chi connectivity index (χ0) is 13.1. The Morgan fingerprint density at radius 2 is 2.28 bits per heavy atom. The number of aliphatic hydroxyl groups excluding tert-OH is 1. The van der Waals surface area contributed by atoms with Gasteiger partial charge in [-0.05, 0) is 12.1 Å². The van der Waals surface area contributed by atoms with Crippen LogP contribution in [0.25, 0.3) is 11.3 Å². The number of aliphatic hydroxyl groups is 1. The quantitative estimate of drug-likeness (QED) is 0.828. The zero-order valence-electron chi connectivity index (χ0n) is 10.3. The molecule has 0 bridgehead atoms. The van der Waals surface area contributed by atoms with Gasteiger partial charge in [0, 0.05) is 24.4 Å². The van der Waals surface area contributed by atoms with E-state index >= 15 is 0 Å². The predicted octanol–water partition coefficient (Wildman–Crippen LogP) is 1.40. The van der Waals surface area contributed by atoms with Gasteiger partial charge in [0.25, 0.3) is 0 Å². The molecule has 1 aromatic carbocycles. The lowest BCUT2D eigenvalue weighted by Gasteiger charge is -2.09. The van der Waals surface area contributed by atoms with Gasteiger partial charge in [-0.1, -0.05) is 6.07 Å². The molecule has 1 N–H and O–H groups in total. The summed E-state index contributed by atoms with van der Waals surface area (Å²) in [5.74, 6) is 0.473. The molecular weight excluding hydrogens is 232 g/mol. The third kappa shape index (κ3) is 2.00. The Morgan fingerprint density at radius 1 is 1.50 bits per heavy atom. The van der Waals surface area contributed by atoms with Crippen molar-refractivity contribution in [3.63, 3.8) is 0 Å². The van der Waals surface area contributed by atoms with E-state index in [4.69, 9.17) is 4.74 Å². The van der Waals surface area contributed by atoms with E-state index in [0.29, 0.717) is 28.1 Å². The first-order valence-electron chi connectivity index (χ1n) is 5.47. The number of aromatic nitrogens is 2. The molecule has 0 aliphatic heterocycles. The molecule has 0 fully saturated rings. The maximum absolute atomic E-state index is 11.0. The third-order valence-corrected chi connectivity index (χ3v) is 2.71. The number of nitrogens with zero attached hydrogens (tertiary/aromatic N) is 2. The molecule has 0 amide bonds. The molecule has 0 aliphatic carbocycles. The van der Waals surface area contributed by atoms with Crippen molar-refractivity contribution < 1.29 is 14.6 Å². The van der Waals surface area contributed by atoms with Gasteiger partial charge in [-0.3, -0.25) is 9.48 Å². The average Bonchev–Trinajstić information content (AvgIpc) is 2.78. The molecule has 2 rings (SSSR count). The molecule has 0 unspecified atom stereocenters. The van der Waals surface area contributed by atoms with E-state index in [1.54, 1.807) is 30.1 Å². The number of benzene rings is 1. The number of aryl methyl sites for hydroxylation is 1. The summed E-state index contributed by atoms with van der Waals surface area (Å²) < 4.78 is 6.89. The van der Waals surface area contributed by atoms with Crippen molar-refractivity contribution in [2.24, 2.45) is 7.05 Å². The summed E-state index contributed by atoms with van der Waals surface area (Å²) in [4.78, 5) is 11.0. The van der Waals surface area contributed by atoms with Crippen molar-refractivity contribution in [2.75, 3.05) is 7.11 Å². The van der Waals surface area contributed by atoms with Crippen LogP contribution in [0.1, 0.15) is 15.9 Å². The zero-order valence-corrected chi connectivity index (χ0v) is 10.3. The molecule has 1 heterocycles. The second-order valence-corrected chi connectivity index (χ2v) is 3.88. The van der Waals surface area contributed by atoms with Gasteiger partial charge in [0.2, 0.25) is 0 Å². The van der Waals surface area contributed by atoms with Crippen LogP contribution in [0.15, 0.2) is 24.4 Å². The van der Waals surface area contributed by atoms with Gasteiger partial charge in [-0.15, -0.1) is 0 Å². The minimum atomic E-state index is -0.113. The van der Waals surface area contributed by atoms with Gasteiger partial charge in [0.1, 0.15) is 11.4 Å². The summed E-state index contributed by atoms with van der Waals surface area (Å²) in [5.41, 5.74) is 2.48. The van der Waals surface area contributed by atoms with Gasteiger partial charge in [0.05, 0.1) is 19.3 Å². The van der Waals surface area contributed by atoms with Crippen LogP contribution < -0.4 is 4.74 Å². The van der Waals surface area contributed by atoms with E-state index in [-0.39, 0.29) is 6.61 Å². The second-order valence-electron chi connectivity index (χ2n) is 3.88. The number of carbonyl (C=O) groups is 1. The standard InChI is InChI=1S/C13H14N2O3/c1-15-6-10(8-17)12(14-15)11-5-3-4-9(7-16)13(11)18-2/h3-7,17H,8H2,1-2H3. The van der Waals surface area contributed by atoms with E-state index in [1.807, 2.05) is 6.07 Å². The SMILES string of the molecule is COc1c(C=O)cccc1-c1nn(C)cc1CO. The summed E-state index contributed by atoms with van der Waals surface area (Å²) in [6.45, 7) is -0.113. The number of hydrogen-bond donors (Lipinski definition) is 1. The molecule has 2 aromatic rings. The van der Waals surface area contributed by atoms with E-state index in [9.17, 15) is 9.90 Å². The van der Waals surface area contributed by atoms with Crippen LogP contribution in [0.2, 0.25) is 0 Å². The first-order valence-corrected chi connectivity index (χ1v) is 5.47. The maximum Gasteiger partial charge on any atom is 0.153 e. The highest BCUT2D eigenvalue weighted by Gasteiger charge is 2.16. The highest BCUT2D eigenvalue weighted by Crippen LogP contribution is 2.33. The number of methoxy groups -OCH3 is 1. The third-order valence-electron chi connectivity index (χ3n) is 2.71. The number of para-hydroxylation sites is 1. The van der Waals surface area contributed by atoms with E-state index in [0.717, 1.165) is 6.29 Å². The number of carbonyl (C=O) groups excluding carboxylic acids is 1. The fraction of sp³-hybridized carbons (Fsp3) is 0.231. The van der Waals surface area contributed by atoms with Gasteiger partial charge < -0.3 is 9.84 Å². The normalized spacial score (nSPS) is 10.4. The number of ether oxygens (including phenoxy) is 1. The molecule has 0 spiro atoms. The summed E-state index contributed by atoms with van der Waals surface area (Å²) in [6.07, 6.45) is 2.48. The molecule has 94 valence electrons. The Bertz CT molecular complexity index is 576. The van der Waals surface area contributed by atoms with Gasteiger partial charge in [-0.2, -0.15) is 5.10 Å². The largest absolute Gasteiger partial charge is 0.495 e. The Hall–Kier alpha value is -2.14. The van der Waals surface area contributed by atoms with Crippen LogP contribution in [0.3, 0.4) is 0 Å². The fourth-order valence-corrected chi connectivity index (χ4v) is 1.94. The van der Waals surface area contributed by atoms with E-state index < -0.39 is 0 Å². The molecule has 0 radical (unpaired) electrons. The fourth-order valence-electron chi connectivity index (χ4n) is 1.94. The minimum Gasteiger partial charge on any atom is -0.495 e. The molecule has 0 aliphatic rings.